The Bertz CT molecular complexity index is 2100. The van der Waals surface area contributed by atoms with E-state index < -0.39 is 11.8 Å². The summed E-state index contributed by atoms with van der Waals surface area (Å²) in [6, 6.07) is 27.7. The van der Waals surface area contributed by atoms with Crippen LogP contribution in [0.15, 0.2) is 84.9 Å². The Kier molecular flexibility index (Phi) is 3.95. The molecular formula is C37H22O3. The van der Waals surface area contributed by atoms with Crippen LogP contribution < -0.4 is 0 Å². The molecule has 2 atom stereocenters. The largest absolute Gasteiger partial charge is 0.298 e. The number of hydrogen-bond donors (Lipinski definition) is 0. The van der Waals surface area contributed by atoms with Crippen LogP contribution in [0.2, 0.25) is 0 Å². The van der Waals surface area contributed by atoms with E-state index in [1.807, 2.05) is 98.8 Å². The average Bonchev–Trinajstić information content (AvgIpc) is 2.97. The Morgan fingerprint density at radius 1 is 0.475 bits per heavy atom. The molecule has 2 unspecified atom stereocenters. The van der Waals surface area contributed by atoms with Crippen LogP contribution in [0.3, 0.4) is 0 Å². The standard InChI is InChI=1S/C37H22O3/c1-17-15-25-30-32-27(17)18(2)16-26-31(32)34(29-22-10-6-4-8-20(22)12-14-24(29)36(26)39)37(40)33(30)28-21-9-5-3-7-19(21)11-13-23(28)35(25)38/h3-16,33-34H,1-2H3. The van der Waals surface area contributed by atoms with Crippen molar-refractivity contribution in [1.29, 1.82) is 0 Å². The van der Waals surface area contributed by atoms with Crippen LogP contribution in [0.1, 0.15) is 77.1 Å². The molecule has 188 valence electrons. The second kappa shape index (κ2) is 7.19. The normalized spacial score (nSPS) is 18.4. The van der Waals surface area contributed by atoms with Crippen molar-refractivity contribution >= 4 is 49.7 Å². The molecule has 40 heavy (non-hydrogen) atoms. The molecule has 0 heterocycles. The fraction of sp³-hybridized carbons (Fsp3) is 0.108. The zero-order valence-electron chi connectivity index (χ0n) is 22.0. The highest BCUT2D eigenvalue weighted by Gasteiger charge is 2.49. The Hall–Kier alpha value is -4.89. The zero-order valence-corrected chi connectivity index (χ0v) is 22.0. The van der Waals surface area contributed by atoms with E-state index >= 15 is 4.79 Å². The number of hydrogen-bond acceptors (Lipinski definition) is 3. The number of carbonyl (C=O) groups excluding carboxylic acids is 3. The van der Waals surface area contributed by atoms with Crippen LogP contribution >= 0.6 is 0 Å². The Balaban J connectivity index is 1.53. The van der Waals surface area contributed by atoms with Gasteiger partial charge in [0.25, 0.3) is 0 Å². The molecule has 0 saturated heterocycles. The van der Waals surface area contributed by atoms with Crippen LogP contribution in [0.4, 0.5) is 0 Å². The quantitative estimate of drug-likeness (QED) is 0.209. The first-order valence-corrected chi connectivity index (χ1v) is 13.7. The van der Waals surface area contributed by atoms with Gasteiger partial charge in [-0.05, 0) is 91.7 Å². The zero-order chi connectivity index (χ0) is 27.0. The van der Waals surface area contributed by atoms with Gasteiger partial charge in [-0.25, -0.2) is 0 Å². The second-order valence-electron chi connectivity index (χ2n) is 11.5. The molecule has 0 spiro atoms. The van der Waals surface area contributed by atoms with Gasteiger partial charge in [0, 0.05) is 22.3 Å². The summed E-state index contributed by atoms with van der Waals surface area (Å²) in [6.07, 6.45) is 0. The molecular weight excluding hydrogens is 492 g/mol. The summed E-state index contributed by atoms with van der Waals surface area (Å²) in [6.45, 7) is 4.07. The van der Waals surface area contributed by atoms with Crippen molar-refractivity contribution in [1.82, 2.24) is 0 Å². The van der Waals surface area contributed by atoms with E-state index in [1.54, 1.807) is 0 Å². The number of ketones is 3. The molecule has 3 heteroatoms. The van der Waals surface area contributed by atoms with Gasteiger partial charge in [0.15, 0.2) is 17.3 Å². The monoisotopic (exact) mass is 514 g/mol. The molecule has 0 radical (unpaired) electrons. The van der Waals surface area contributed by atoms with Gasteiger partial charge in [-0.1, -0.05) is 72.8 Å². The number of carbonyl (C=O) groups is 3. The molecule has 6 aromatic rings. The van der Waals surface area contributed by atoms with Gasteiger partial charge in [0.05, 0.1) is 11.8 Å². The van der Waals surface area contributed by atoms with E-state index in [0.29, 0.717) is 22.3 Å². The highest BCUT2D eigenvalue weighted by molar-refractivity contribution is 6.28. The molecule has 0 aliphatic heterocycles. The van der Waals surface area contributed by atoms with E-state index in [9.17, 15) is 9.59 Å². The van der Waals surface area contributed by atoms with E-state index in [0.717, 1.165) is 65.7 Å². The molecule has 0 bridgehead atoms. The number of Topliss-reactive ketones (excluding diaryl/α,β-unsaturated/α-hetero) is 1. The Labute approximate surface area is 230 Å². The van der Waals surface area contributed by atoms with Crippen LogP contribution in [0.5, 0.6) is 0 Å². The maximum Gasteiger partial charge on any atom is 0.193 e. The minimum atomic E-state index is -0.593. The summed E-state index contributed by atoms with van der Waals surface area (Å²) in [5.41, 5.74) is 7.55. The third kappa shape index (κ3) is 2.41. The molecule has 3 nitrogen and oxygen atoms in total. The first-order valence-electron chi connectivity index (χ1n) is 13.7. The summed E-state index contributed by atoms with van der Waals surface area (Å²) in [7, 11) is 0. The lowest BCUT2D eigenvalue weighted by Gasteiger charge is -2.40. The summed E-state index contributed by atoms with van der Waals surface area (Å²) < 4.78 is 0. The van der Waals surface area contributed by atoms with Crippen LogP contribution in [-0.2, 0) is 4.79 Å². The maximum atomic E-state index is 15.1. The minimum absolute atomic E-state index is 0.0409. The van der Waals surface area contributed by atoms with E-state index in [2.05, 4.69) is 0 Å². The number of aryl methyl sites for hydroxylation is 2. The van der Waals surface area contributed by atoms with Gasteiger partial charge >= 0.3 is 0 Å². The third-order valence-corrected chi connectivity index (χ3v) is 9.52. The number of benzene rings is 6. The SMILES string of the molecule is Cc1cc2c3c4c5c(cc(C)c14)C(=O)c1ccc4ccccc4c1C5C(=O)C3c1c(ccc3ccccc13)C2=O. The third-order valence-electron chi connectivity index (χ3n) is 9.52. The number of fused-ring (bicyclic) bond motifs is 8. The predicted octanol–water partition coefficient (Wildman–Crippen LogP) is 7.70. The second-order valence-corrected chi connectivity index (χ2v) is 11.5. The molecule has 3 aliphatic rings. The van der Waals surface area contributed by atoms with Crippen molar-refractivity contribution in [3.8, 4) is 0 Å². The predicted molar refractivity (Wildman–Crippen MR) is 157 cm³/mol. The van der Waals surface area contributed by atoms with Crippen LogP contribution in [0.25, 0.3) is 32.3 Å². The van der Waals surface area contributed by atoms with Crippen molar-refractivity contribution in [3.05, 3.63) is 141 Å². The van der Waals surface area contributed by atoms with Crippen molar-refractivity contribution < 1.29 is 14.4 Å². The maximum absolute atomic E-state index is 15.1. The summed E-state index contributed by atoms with van der Waals surface area (Å²) >= 11 is 0. The smallest absolute Gasteiger partial charge is 0.193 e. The van der Waals surface area contributed by atoms with Crippen LogP contribution in [0, 0.1) is 13.8 Å². The van der Waals surface area contributed by atoms with Gasteiger partial charge in [0.2, 0.25) is 0 Å². The van der Waals surface area contributed by atoms with Crippen LogP contribution in [-0.4, -0.2) is 17.3 Å². The van der Waals surface area contributed by atoms with Crippen molar-refractivity contribution in [2.24, 2.45) is 0 Å². The van der Waals surface area contributed by atoms with Crippen molar-refractivity contribution in [2.75, 3.05) is 0 Å². The lowest BCUT2D eigenvalue weighted by atomic mass is 9.60. The Morgan fingerprint density at radius 3 is 1.40 bits per heavy atom. The lowest BCUT2D eigenvalue weighted by Crippen LogP contribution is -2.37. The molecule has 0 aromatic heterocycles. The van der Waals surface area contributed by atoms with Gasteiger partial charge in [0.1, 0.15) is 0 Å². The summed E-state index contributed by atoms with van der Waals surface area (Å²) in [5.74, 6) is -1.25. The van der Waals surface area contributed by atoms with E-state index in [4.69, 9.17) is 0 Å². The van der Waals surface area contributed by atoms with Crippen molar-refractivity contribution in [3.63, 3.8) is 0 Å². The van der Waals surface area contributed by atoms with Gasteiger partial charge < -0.3 is 0 Å². The average molecular weight is 515 g/mol. The fourth-order valence-corrected chi connectivity index (χ4v) is 8.02. The highest BCUT2D eigenvalue weighted by Crippen LogP contribution is 2.56. The molecule has 0 saturated carbocycles. The van der Waals surface area contributed by atoms with E-state index in [1.165, 1.54) is 0 Å². The number of rotatable bonds is 0. The van der Waals surface area contributed by atoms with Gasteiger partial charge in [-0.15, -0.1) is 0 Å². The molecule has 0 amide bonds. The molecule has 9 rings (SSSR count). The fourth-order valence-electron chi connectivity index (χ4n) is 8.02. The Morgan fingerprint density at radius 2 is 0.925 bits per heavy atom. The van der Waals surface area contributed by atoms with Crippen molar-refractivity contribution in [2.45, 2.75) is 25.7 Å². The first kappa shape index (κ1) is 22.0. The molecule has 0 fully saturated rings. The lowest BCUT2D eigenvalue weighted by molar-refractivity contribution is -0.120. The molecule has 3 aliphatic carbocycles. The molecule has 0 N–H and O–H groups in total. The van der Waals surface area contributed by atoms with E-state index in [-0.39, 0.29) is 17.3 Å². The highest BCUT2D eigenvalue weighted by atomic mass is 16.1. The molecule has 6 aromatic carbocycles. The van der Waals surface area contributed by atoms with Gasteiger partial charge in [-0.2, -0.15) is 0 Å². The summed E-state index contributed by atoms with van der Waals surface area (Å²) in [5, 5.41) is 5.87. The topological polar surface area (TPSA) is 51.2 Å². The van der Waals surface area contributed by atoms with Gasteiger partial charge in [-0.3, -0.25) is 14.4 Å². The first-order chi connectivity index (χ1) is 19.5. The summed E-state index contributed by atoms with van der Waals surface area (Å²) in [4.78, 5) is 43.4. The minimum Gasteiger partial charge on any atom is -0.298 e.